The molecular weight excluding hydrogens is 214 g/mol. The summed E-state index contributed by atoms with van der Waals surface area (Å²) in [7, 11) is 0. The Morgan fingerprint density at radius 1 is 1.19 bits per heavy atom. The highest BCUT2D eigenvalue weighted by molar-refractivity contribution is 7.09. The van der Waals surface area contributed by atoms with E-state index in [0.717, 1.165) is 12.8 Å². The fourth-order valence-corrected chi connectivity index (χ4v) is 2.76. The Bertz CT molecular complexity index is 431. The maximum Gasteiger partial charge on any atom is 0.0797 e. The van der Waals surface area contributed by atoms with Crippen molar-refractivity contribution in [1.29, 1.82) is 0 Å². The summed E-state index contributed by atoms with van der Waals surface area (Å²) in [6.07, 6.45) is 2.11. The second-order valence-corrected chi connectivity index (χ2v) is 5.42. The average Bonchev–Trinajstić information content (AvgIpc) is 2.66. The van der Waals surface area contributed by atoms with Gasteiger partial charge in [-0.05, 0) is 17.9 Å². The number of thiazole rings is 1. The largest absolute Gasteiger partial charge is 0.249 e. The van der Waals surface area contributed by atoms with Gasteiger partial charge in [0.25, 0.3) is 0 Å². The molecule has 0 atom stereocenters. The number of benzene rings is 1. The molecule has 0 N–H and O–H groups in total. The van der Waals surface area contributed by atoms with E-state index in [0.29, 0.717) is 5.92 Å². The van der Waals surface area contributed by atoms with Gasteiger partial charge in [-0.25, -0.2) is 4.98 Å². The molecule has 0 radical (unpaired) electrons. The zero-order valence-corrected chi connectivity index (χ0v) is 10.6. The number of rotatable bonds is 4. The summed E-state index contributed by atoms with van der Waals surface area (Å²) in [6.45, 7) is 4.51. The van der Waals surface area contributed by atoms with Crippen LogP contribution in [0.4, 0.5) is 0 Å². The van der Waals surface area contributed by atoms with Crippen molar-refractivity contribution in [3.05, 3.63) is 52.0 Å². The molecule has 1 aromatic carbocycles. The van der Waals surface area contributed by atoms with E-state index in [1.807, 2.05) is 5.51 Å². The molecule has 16 heavy (non-hydrogen) atoms. The summed E-state index contributed by atoms with van der Waals surface area (Å²) >= 11 is 1.79. The lowest BCUT2D eigenvalue weighted by molar-refractivity contribution is 0.649. The van der Waals surface area contributed by atoms with Gasteiger partial charge in [0.15, 0.2) is 0 Å². The van der Waals surface area contributed by atoms with Crippen LogP contribution in [0.1, 0.15) is 30.0 Å². The topological polar surface area (TPSA) is 12.9 Å². The molecule has 0 saturated heterocycles. The van der Waals surface area contributed by atoms with Gasteiger partial charge in [0.2, 0.25) is 0 Å². The molecule has 0 aliphatic carbocycles. The van der Waals surface area contributed by atoms with Gasteiger partial charge in [0, 0.05) is 11.3 Å². The van der Waals surface area contributed by atoms with Crippen molar-refractivity contribution in [3.8, 4) is 0 Å². The lowest BCUT2D eigenvalue weighted by Gasteiger charge is -2.05. The van der Waals surface area contributed by atoms with E-state index < -0.39 is 0 Å². The molecule has 1 nitrogen and oxygen atoms in total. The van der Waals surface area contributed by atoms with Gasteiger partial charge in [-0.3, -0.25) is 0 Å². The number of nitrogens with zero attached hydrogens (tertiary/aromatic N) is 1. The van der Waals surface area contributed by atoms with Crippen LogP contribution >= 0.6 is 11.3 Å². The Balaban J connectivity index is 2.13. The van der Waals surface area contributed by atoms with Gasteiger partial charge in [-0.15, -0.1) is 11.3 Å². The minimum atomic E-state index is 0.704. The maximum absolute atomic E-state index is 4.48. The molecule has 0 bridgehead atoms. The third-order valence-corrected chi connectivity index (χ3v) is 3.43. The number of hydrogen-bond donors (Lipinski definition) is 0. The van der Waals surface area contributed by atoms with Gasteiger partial charge in [-0.1, -0.05) is 44.2 Å². The lowest BCUT2D eigenvalue weighted by atomic mass is 10.0. The first-order chi connectivity index (χ1) is 7.75. The molecule has 84 valence electrons. The van der Waals surface area contributed by atoms with Crippen molar-refractivity contribution in [1.82, 2.24) is 4.98 Å². The van der Waals surface area contributed by atoms with Crippen molar-refractivity contribution < 1.29 is 0 Å². The van der Waals surface area contributed by atoms with E-state index in [1.54, 1.807) is 11.3 Å². The highest BCUT2D eigenvalue weighted by Crippen LogP contribution is 2.20. The molecule has 0 fully saturated rings. The van der Waals surface area contributed by atoms with Crippen LogP contribution in [0, 0.1) is 5.92 Å². The van der Waals surface area contributed by atoms with E-state index in [1.165, 1.54) is 16.1 Å². The van der Waals surface area contributed by atoms with E-state index in [2.05, 4.69) is 49.2 Å². The standard InChI is InChI=1S/C14H17NS/c1-11(2)8-14-13(15-10-16-14)9-12-6-4-3-5-7-12/h3-7,10-11H,8-9H2,1-2H3. The molecule has 0 amide bonds. The van der Waals surface area contributed by atoms with Crippen LogP contribution in [-0.2, 0) is 12.8 Å². The first kappa shape index (κ1) is 11.3. The first-order valence-electron chi connectivity index (χ1n) is 5.71. The predicted molar refractivity (Wildman–Crippen MR) is 69.9 cm³/mol. The molecule has 2 rings (SSSR count). The molecular formula is C14H17NS. The van der Waals surface area contributed by atoms with Gasteiger partial charge < -0.3 is 0 Å². The first-order valence-corrected chi connectivity index (χ1v) is 6.59. The highest BCUT2D eigenvalue weighted by Gasteiger charge is 2.08. The monoisotopic (exact) mass is 231 g/mol. The SMILES string of the molecule is CC(C)Cc1scnc1Cc1ccccc1. The van der Waals surface area contributed by atoms with Gasteiger partial charge in [0.1, 0.15) is 0 Å². The molecule has 0 unspecified atom stereocenters. The normalized spacial score (nSPS) is 10.9. The maximum atomic E-state index is 4.48. The Morgan fingerprint density at radius 3 is 2.62 bits per heavy atom. The van der Waals surface area contributed by atoms with Crippen molar-refractivity contribution in [2.75, 3.05) is 0 Å². The van der Waals surface area contributed by atoms with Gasteiger partial charge in [0.05, 0.1) is 11.2 Å². The molecule has 0 saturated carbocycles. The smallest absolute Gasteiger partial charge is 0.0797 e. The summed E-state index contributed by atoms with van der Waals surface area (Å²) in [5.74, 6) is 0.704. The Labute approximate surface area is 101 Å². The summed E-state index contributed by atoms with van der Waals surface area (Å²) in [4.78, 5) is 5.93. The summed E-state index contributed by atoms with van der Waals surface area (Å²) in [5.41, 5.74) is 4.57. The summed E-state index contributed by atoms with van der Waals surface area (Å²) in [5, 5.41) is 0. The molecule has 2 heteroatoms. The van der Waals surface area contributed by atoms with Crippen LogP contribution in [-0.4, -0.2) is 4.98 Å². The van der Waals surface area contributed by atoms with Crippen molar-refractivity contribution >= 4 is 11.3 Å². The molecule has 2 aromatic rings. The Hall–Kier alpha value is -1.15. The van der Waals surface area contributed by atoms with Crippen LogP contribution in [0.25, 0.3) is 0 Å². The fraction of sp³-hybridized carbons (Fsp3) is 0.357. The van der Waals surface area contributed by atoms with Crippen LogP contribution in [0.15, 0.2) is 35.8 Å². The molecule has 0 spiro atoms. The van der Waals surface area contributed by atoms with Crippen molar-refractivity contribution in [3.63, 3.8) is 0 Å². The molecule has 0 aliphatic rings. The second-order valence-electron chi connectivity index (χ2n) is 4.48. The molecule has 0 aliphatic heterocycles. The number of hydrogen-bond acceptors (Lipinski definition) is 2. The zero-order chi connectivity index (χ0) is 11.4. The Morgan fingerprint density at radius 2 is 1.94 bits per heavy atom. The van der Waals surface area contributed by atoms with E-state index >= 15 is 0 Å². The van der Waals surface area contributed by atoms with Crippen LogP contribution < -0.4 is 0 Å². The Kier molecular flexibility index (Phi) is 3.73. The molecule has 1 heterocycles. The molecule has 1 aromatic heterocycles. The van der Waals surface area contributed by atoms with Crippen LogP contribution in [0.2, 0.25) is 0 Å². The highest BCUT2D eigenvalue weighted by atomic mass is 32.1. The third-order valence-electron chi connectivity index (χ3n) is 2.53. The minimum Gasteiger partial charge on any atom is -0.249 e. The van der Waals surface area contributed by atoms with E-state index in [9.17, 15) is 0 Å². The number of aromatic nitrogens is 1. The second kappa shape index (κ2) is 5.26. The van der Waals surface area contributed by atoms with Gasteiger partial charge >= 0.3 is 0 Å². The van der Waals surface area contributed by atoms with Crippen LogP contribution in [0.3, 0.4) is 0 Å². The lowest BCUT2D eigenvalue weighted by Crippen LogP contribution is -1.97. The van der Waals surface area contributed by atoms with Gasteiger partial charge in [-0.2, -0.15) is 0 Å². The van der Waals surface area contributed by atoms with Crippen molar-refractivity contribution in [2.45, 2.75) is 26.7 Å². The predicted octanol–water partition coefficient (Wildman–Crippen LogP) is 3.93. The quantitative estimate of drug-likeness (QED) is 0.777. The average molecular weight is 231 g/mol. The van der Waals surface area contributed by atoms with E-state index in [4.69, 9.17) is 0 Å². The van der Waals surface area contributed by atoms with Crippen LogP contribution in [0.5, 0.6) is 0 Å². The minimum absolute atomic E-state index is 0.704. The fourth-order valence-electron chi connectivity index (χ4n) is 1.76. The third kappa shape index (κ3) is 2.92. The summed E-state index contributed by atoms with van der Waals surface area (Å²) < 4.78 is 0. The van der Waals surface area contributed by atoms with Crippen molar-refractivity contribution in [2.24, 2.45) is 5.92 Å². The van der Waals surface area contributed by atoms with E-state index in [-0.39, 0.29) is 0 Å². The zero-order valence-electron chi connectivity index (χ0n) is 9.81. The summed E-state index contributed by atoms with van der Waals surface area (Å²) in [6, 6.07) is 10.6.